The van der Waals surface area contributed by atoms with Crippen LogP contribution in [0.15, 0.2) is 57.7 Å². The highest BCUT2D eigenvalue weighted by Crippen LogP contribution is 2.22. The molecular formula is C17H14BrN3O3. The number of pyridine rings is 1. The highest BCUT2D eigenvalue weighted by Gasteiger charge is 2.08. The highest BCUT2D eigenvalue weighted by atomic mass is 79.9. The van der Waals surface area contributed by atoms with Crippen molar-refractivity contribution in [3.05, 3.63) is 70.2 Å². The van der Waals surface area contributed by atoms with Crippen LogP contribution in [0.1, 0.15) is 21.8 Å². The molecule has 0 bridgehead atoms. The van der Waals surface area contributed by atoms with Crippen molar-refractivity contribution in [2.45, 2.75) is 13.5 Å². The molecule has 0 spiro atoms. The summed E-state index contributed by atoms with van der Waals surface area (Å²) in [4.78, 5) is 16.2. The fraction of sp³-hybridized carbons (Fsp3) is 0.118. The SMILES string of the molecule is Cc1cc(CNC(=O)c2ccc(Oc3cccc(Br)c3)nc2)no1. The summed E-state index contributed by atoms with van der Waals surface area (Å²) in [6, 6.07) is 12.5. The number of nitrogens with zero attached hydrogens (tertiary/aromatic N) is 2. The van der Waals surface area contributed by atoms with Crippen molar-refractivity contribution < 1.29 is 14.1 Å². The van der Waals surface area contributed by atoms with E-state index in [4.69, 9.17) is 9.26 Å². The molecule has 3 rings (SSSR count). The van der Waals surface area contributed by atoms with Crippen LogP contribution in [0, 0.1) is 6.92 Å². The van der Waals surface area contributed by atoms with Crippen LogP contribution in [0.3, 0.4) is 0 Å². The summed E-state index contributed by atoms with van der Waals surface area (Å²) in [5, 5.41) is 6.58. The number of nitrogens with one attached hydrogen (secondary N) is 1. The molecule has 0 saturated carbocycles. The van der Waals surface area contributed by atoms with Gasteiger partial charge in [0.1, 0.15) is 17.2 Å². The molecule has 0 aliphatic rings. The number of carbonyl (C=O) groups excluding carboxylic acids is 1. The molecular weight excluding hydrogens is 374 g/mol. The van der Waals surface area contributed by atoms with Crippen LogP contribution in [0.25, 0.3) is 0 Å². The lowest BCUT2D eigenvalue weighted by atomic mass is 10.2. The second kappa shape index (κ2) is 7.27. The Morgan fingerprint density at radius 1 is 1.29 bits per heavy atom. The molecule has 0 saturated heterocycles. The highest BCUT2D eigenvalue weighted by molar-refractivity contribution is 9.10. The fourth-order valence-electron chi connectivity index (χ4n) is 2.00. The lowest BCUT2D eigenvalue weighted by molar-refractivity contribution is 0.0949. The van der Waals surface area contributed by atoms with Gasteiger partial charge in [0, 0.05) is 22.8 Å². The standard InChI is InChI=1S/C17H14BrN3O3/c1-11-7-14(21-24-11)10-20-17(22)12-5-6-16(19-9-12)23-15-4-2-3-13(18)8-15/h2-9H,10H2,1H3,(H,20,22). The first-order valence-corrected chi connectivity index (χ1v) is 7.99. The van der Waals surface area contributed by atoms with Gasteiger partial charge >= 0.3 is 0 Å². The Bertz CT molecular complexity index is 846. The van der Waals surface area contributed by atoms with E-state index in [1.165, 1.54) is 6.20 Å². The second-order valence-electron chi connectivity index (χ2n) is 5.06. The number of halogens is 1. The topological polar surface area (TPSA) is 77.2 Å². The first-order valence-electron chi connectivity index (χ1n) is 7.20. The first-order chi connectivity index (χ1) is 11.6. The molecule has 2 aromatic heterocycles. The normalized spacial score (nSPS) is 10.4. The van der Waals surface area contributed by atoms with Crippen molar-refractivity contribution in [1.29, 1.82) is 0 Å². The van der Waals surface area contributed by atoms with E-state index in [9.17, 15) is 4.79 Å². The number of aryl methyl sites for hydroxylation is 1. The molecule has 0 unspecified atom stereocenters. The average molecular weight is 388 g/mol. The smallest absolute Gasteiger partial charge is 0.253 e. The molecule has 6 nitrogen and oxygen atoms in total. The predicted octanol–water partition coefficient (Wildman–Crippen LogP) is 3.86. The zero-order valence-electron chi connectivity index (χ0n) is 12.8. The summed E-state index contributed by atoms with van der Waals surface area (Å²) in [7, 11) is 0. The molecule has 1 aromatic carbocycles. The third-order valence-corrected chi connectivity index (χ3v) is 3.62. The Labute approximate surface area is 147 Å². The van der Waals surface area contributed by atoms with Crippen LogP contribution < -0.4 is 10.1 Å². The molecule has 2 heterocycles. The lowest BCUT2D eigenvalue weighted by Gasteiger charge is -2.06. The Morgan fingerprint density at radius 3 is 2.83 bits per heavy atom. The molecule has 0 fully saturated rings. The van der Waals surface area contributed by atoms with Crippen molar-refractivity contribution in [3.63, 3.8) is 0 Å². The van der Waals surface area contributed by atoms with Crippen LogP contribution >= 0.6 is 15.9 Å². The summed E-state index contributed by atoms with van der Waals surface area (Å²) in [5.41, 5.74) is 1.11. The molecule has 1 N–H and O–H groups in total. The number of aromatic nitrogens is 2. The van der Waals surface area contributed by atoms with Crippen LogP contribution in [-0.2, 0) is 6.54 Å². The number of ether oxygens (including phenoxy) is 1. The maximum absolute atomic E-state index is 12.1. The molecule has 122 valence electrons. The largest absolute Gasteiger partial charge is 0.439 e. The first kappa shape index (κ1) is 16.2. The summed E-state index contributed by atoms with van der Waals surface area (Å²) in [6.45, 7) is 2.10. The molecule has 3 aromatic rings. The van der Waals surface area contributed by atoms with Gasteiger partial charge in [-0.15, -0.1) is 0 Å². The molecule has 0 aliphatic heterocycles. The molecule has 24 heavy (non-hydrogen) atoms. The third kappa shape index (κ3) is 4.20. The summed E-state index contributed by atoms with van der Waals surface area (Å²) in [6.07, 6.45) is 1.47. The monoisotopic (exact) mass is 387 g/mol. The van der Waals surface area contributed by atoms with E-state index in [0.29, 0.717) is 35.2 Å². The van der Waals surface area contributed by atoms with E-state index < -0.39 is 0 Å². The van der Waals surface area contributed by atoms with Crippen molar-refractivity contribution >= 4 is 21.8 Å². The van der Waals surface area contributed by atoms with Crippen LogP contribution in [0.2, 0.25) is 0 Å². The van der Waals surface area contributed by atoms with Gasteiger partial charge in [0.05, 0.1) is 12.1 Å². The minimum atomic E-state index is -0.239. The molecule has 7 heteroatoms. The maximum atomic E-state index is 12.1. The summed E-state index contributed by atoms with van der Waals surface area (Å²) in [5.74, 6) is 1.54. The van der Waals surface area contributed by atoms with Crippen LogP contribution in [0.5, 0.6) is 11.6 Å². The van der Waals surface area contributed by atoms with Gasteiger partial charge in [-0.05, 0) is 31.2 Å². The number of benzene rings is 1. The van der Waals surface area contributed by atoms with Gasteiger partial charge in [-0.25, -0.2) is 4.98 Å². The van der Waals surface area contributed by atoms with Gasteiger partial charge in [-0.2, -0.15) is 0 Å². The van der Waals surface area contributed by atoms with E-state index in [1.54, 1.807) is 25.1 Å². The Morgan fingerprint density at radius 2 is 2.17 bits per heavy atom. The van der Waals surface area contributed by atoms with E-state index in [1.807, 2.05) is 24.3 Å². The quantitative estimate of drug-likeness (QED) is 0.718. The van der Waals surface area contributed by atoms with Gasteiger partial charge in [-0.3, -0.25) is 4.79 Å². The number of rotatable bonds is 5. The van der Waals surface area contributed by atoms with Crippen molar-refractivity contribution in [1.82, 2.24) is 15.5 Å². The Hall–Kier alpha value is -2.67. The molecule has 0 radical (unpaired) electrons. The minimum Gasteiger partial charge on any atom is -0.439 e. The Balaban J connectivity index is 1.60. The van der Waals surface area contributed by atoms with E-state index >= 15 is 0 Å². The maximum Gasteiger partial charge on any atom is 0.253 e. The Kier molecular flexibility index (Phi) is 4.90. The van der Waals surface area contributed by atoms with Gasteiger partial charge < -0.3 is 14.6 Å². The summed E-state index contributed by atoms with van der Waals surface area (Å²) >= 11 is 3.38. The average Bonchev–Trinajstić information content (AvgIpc) is 2.99. The van der Waals surface area contributed by atoms with E-state index in [0.717, 1.165) is 4.47 Å². The molecule has 1 amide bonds. The number of hydrogen-bond donors (Lipinski definition) is 1. The van der Waals surface area contributed by atoms with E-state index in [2.05, 4.69) is 31.4 Å². The molecule has 0 aliphatic carbocycles. The van der Waals surface area contributed by atoms with Crippen LogP contribution in [0.4, 0.5) is 0 Å². The number of hydrogen-bond acceptors (Lipinski definition) is 5. The zero-order chi connectivity index (χ0) is 16.9. The van der Waals surface area contributed by atoms with Crippen molar-refractivity contribution in [2.75, 3.05) is 0 Å². The predicted molar refractivity (Wildman–Crippen MR) is 90.9 cm³/mol. The van der Waals surface area contributed by atoms with Crippen molar-refractivity contribution in [3.8, 4) is 11.6 Å². The fourth-order valence-corrected chi connectivity index (χ4v) is 2.38. The second-order valence-corrected chi connectivity index (χ2v) is 5.97. The van der Waals surface area contributed by atoms with E-state index in [-0.39, 0.29) is 5.91 Å². The van der Waals surface area contributed by atoms with Crippen molar-refractivity contribution in [2.24, 2.45) is 0 Å². The van der Waals surface area contributed by atoms with Gasteiger partial charge in [0.15, 0.2) is 0 Å². The minimum absolute atomic E-state index is 0.239. The van der Waals surface area contributed by atoms with Gasteiger partial charge in [0.2, 0.25) is 5.88 Å². The van der Waals surface area contributed by atoms with Crippen LogP contribution in [-0.4, -0.2) is 16.0 Å². The van der Waals surface area contributed by atoms with Gasteiger partial charge in [-0.1, -0.05) is 27.2 Å². The number of carbonyl (C=O) groups is 1. The third-order valence-electron chi connectivity index (χ3n) is 3.12. The summed E-state index contributed by atoms with van der Waals surface area (Å²) < 4.78 is 11.5. The number of amides is 1. The molecule has 0 atom stereocenters. The van der Waals surface area contributed by atoms with Gasteiger partial charge in [0.25, 0.3) is 5.91 Å². The zero-order valence-corrected chi connectivity index (χ0v) is 14.4. The lowest BCUT2D eigenvalue weighted by Crippen LogP contribution is -2.23.